The molecule has 4 saturated heterocycles. The number of hydrogen-bond acceptors (Lipinski definition) is 13. The molecule has 14 nitrogen and oxygen atoms in total. The Bertz CT molecular complexity index is 2330. The van der Waals surface area contributed by atoms with Gasteiger partial charge in [0, 0.05) is 79.3 Å². The van der Waals surface area contributed by atoms with Crippen LogP contribution in [0, 0.1) is 23.6 Å². The molecule has 19 heteroatoms. The first-order valence-electron chi connectivity index (χ1n) is 25.2. The molecular weight excluding hydrogens is 937 g/mol. The van der Waals surface area contributed by atoms with Crippen molar-refractivity contribution < 1.29 is 37.1 Å². The number of allylic oxidation sites excluding steroid dienone is 1. The van der Waals surface area contributed by atoms with Crippen molar-refractivity contribution >= 4 is 58.8 Å². The Morgan fingerprint density at radius 1 is 0.915 bits per heavy atom. The number of alkyl halides is 3. The second-order valence-corrected chi connectivity index (χ2v) is 21.3. The van der Waals surface area contributed by atoms with E-state index in [-0.39, 0.29) is 47.4 Å². The number of carbonyl (C=O) groups is 3. The molecule has 3 aromatic rings. The van der Waals surface area contributed by atoms with Crippen molar-refractivity contribution in [2.75, 3.05) is 63.1 Å². The molecule has 0 spiro atoms. The number of anilines is 3. The van der Waals surface area contributed by atoms with Crippen LogP contribution in [-0.2, 0) is 20.6 Å². The molecule has 1 saturated carbocycles. The minimum Gasteiger partial charge on any atom is -0.404 e. The Hall–Kier alpha value is -5.11. The van der Waals surface area contributed by atoms with Gasteiger partial charge in [0.15, 0.2) is 0 Å². The zero-order valence-corrected chi connectivity index (χ0v) is 42.0. The van der Waals surface area contributed by atoms with Crippen LogP contribution in [0.1, 0.15) is 120 Å². The highest BCUT2D eigenvalue weighted by Gasteiger charge is 2.37. The van der Waals surface area contributed by atoms with Crippen molar-refractivity contribution in [1.29, 1.82) is 0 Å². The number of carbonyl (C=O) groups excluding carboxylic acids is 3. The number of aliphatic hydroxyl groups is 1. The lowest BCUT2D eigenvalue weighted by Gasteiger charge is -2.42. The van der Waals surface area contributed by atoms with Gasteiger partial charge in [-0.1, -0.05) is 31.4 Å². The van der Waals surface area contributed by atoms with E-state index in [0.717, 1.165) is 108 Å². The number of amides is 3. The van der Waals surface area contributed by atoms with Crippen molar-refractivity contribution in [2.24, 2.45) is 28.5 Å². The number of nitrogens with zero attached hydrogens (tertiary/aromatic N) is 6. The van der Waals surface area contributed by atoms with Gasteiger partial charge in [-0.25, -0.2) is 14.4 Å². The summed E-state index contributed by atoms with van der Waals surface area (Å²) in [5, 5.41) is 14.9. The third-order valence-corrected chi connectivity index (χ3v) is 15.4. The highest BCUT2D eigenvalue weighted by molar-refractivity contribution is 7.97. The fraction of sp³-hybridized carbons (Fsp3) is 0.577. The number of aliphatic imine (C=N–C) groups is 1. The quantitative estimate of drug-likeness (QED) is 0.0478. The van der Waals surface area contributed by atoms with Crippen molar-refractivity contribution in [3.63, 3.8) is 0 Å². The summed E-state index contributed by atoms with van der Waals surface area (Å²) in [6.45, 7) is 9.07. The molecule has 1 atom stereocenters. The minimum absolute atomic E-state index is 0.0108. The number of imide groups is 1. The SMILES string of the molecule is CC(C)(O)CN=C/C(=C\N)c1nc(Nc2ccc(SNC3CCCCC3)cc2F)ncc1C(F)(F)F.CN1CCC(C(=O)N2CCC(C3CCN(c4ccc(C5CCC(=O)NC5=O)cc4)CC3)CC2)CC1. The van der Waals surface area contributed by atoms with Crippen LogP contribution in [0.3, 0.4) is 0 Å². The topological polar surface area (TPSA) is 181 Å². The monoisotopic (exact) mass is 1010 g/mol. The Labute approximate surface area is 419 Å². The van der Waals surface area contributed by atoms with Gasteiger partial charge in [-0.2, -0.15) is 13.2 Å². The summed E-state index contributed by atoms with van der Waals surface area (Å²) < 4.78 is 58.9. The molecule has 1 aromatic heterocycles. The summed E-state index contributed by atoms with van der Waals surface area (Å²) in [5.41, 5.74) is 4.86. The highest BCUT2D eigenvalue weighted by atomic mass is 32.2. The number of piperidine rings is 4. The molecule has 6 N–H and O–H groups in total. The van der Waals surface area contributed by atoms with Crippen LogP contribution in [0.4, 0.5) is 34.9 Å². The van der Waals surface area contributed by atoms with E-state index >= 15 is 0 Å². The van der Waals surface area contributed by atoms with E-state index < -0.39 is 28.9 Å². The predicted octanol–water partition coefficient (Wildman–Crippen LogP) is 8.45. The van der Waals surface area contributed by atoms with Gasteiger partial charge in [-0.15, -0.1) is 0 Å². The standard InChI is InChI=1S/C28H40N4O3.C24H30F4N6OS/c1-30-14-8-23(9-15-30)28(35)32-18-12-21(13-19-32)20-10-16-31(17-11-20)24-4-2-22(3-5-24)25-6-7-26(33)29-27(25)34;1-23(2,35)14-30-12-15(11-29)21-18(24(26,27)28)13-31-22(33-21)32-20-9-8-17(10-19(20)25)36-34-16-6-4-3-5-7-16/h2-5,20-21,23,25H,6-19H2,1H3,(H,29,33,34);8-13,16,34-35H,3-7,14,29H2,1-2H3,(H,31,32,33)/b;15-11+,30-12?. The van der Waals surface area contributed by atoms with Crippen LogP contribution >= 0.6 is 11.9 Å². The summed E-state index contributed by atoms with van der Waals surface area (Å²) in [7, 11) is 2.15. The van der Waals surface area contributed by atoms with E-state index in [1.165, 1.54) is 75.7 Å². The lowest BCUT2D eigenvalue weighted by Crippen LogP contribution is -2.46. The van der Waals surface area contributed by atoms with Crippen molar-refractivity contribution in [3.05, 3.63) is 77.5 Å². The molecule has 4 aliphatic heterocycles. The Kier molecular flexibility index (Phi) is 18.6. The Balaban J connectivity index is 0.000000209. The van der Waals surface area contributed by atoms with E-state index in [0.29, 0.717) is 35.9 Å². The van der Waals surface area contributed by atoms with Crippen LogP contribution in [-0.4, -0.2) is 113 Å². The first-order valence-corrected chi connectivity index (χ1v) is 26.0. The number of benzene rings is 2. The van der Waals surface area contributed by atoms with Gasteiger partial charge in [0.2, 0.25) is 23.7 Å². The summed E-state index contributed by atoms with van der Waals surface area (Å²) in [4.78, 5) is 55.8. The van der Waals surface area contributed by atoms with Crippen LogP contribution in [0.15, 0.2) is 64.7 Å². The molecule has 5 aliphatic rings. The van der Waals surface area contributed by atoms with Gasteiger partial charge in [0.25, 0.3) is 0 Å². The molecule has 1 unspecified atom stereocenters. The van der Waals surface area contributed by atoms with Gasteiger partial charge >= 0.3 is 6.18 Å². The highest BCUT2D eigenvalue weighted by Crippen LogP contribution is 2.37. The van der Waals surface area contributed by atoms with Gasteiger partial charge in [0.1, 0.15) is 11.4 Å². The number of nitrogens with one attached hydrogen (secondary N) is 3. The fourth-order valence-corrected chi connectivity index (χ4v) is 11.1. The number of halogens is 4. The maximum absolute atomic E-state index is 14.8. The summed E-state index contributed by atoms with van der Waals surface area (Å²) in [6, 6.07) is 13.3. The maximum Gasteiger partial charge on any atom is 0.419 e. The van der Waals surface area contributed by atoms with E-state index in [9.17, 15) is 37.1 Å². The van der Waals surface area contributed by atoms with Gasteiger partial charge in [-0.3, -0.25) is 29.4 Å². The van der Waals surface area contributed by atoms with E-state index in [4.69, 9.17) is 5.73 Å². The Morgan fingerprint density at radius 2 is 1.58 bits per heavy atom. The molecule has 71 heavy (non-hydrogen) atoms. The van der Waals surface area contributed by atoms with Crippen LogP contribution in [0.25, 0.3) is 5.57 Å². The van der Waals surface area contributed by atoms with E-state index in [1.807, 2.05) is 0 Å². The molecule has 1 aliphatic carbocycles. The molecule has 0 bridgehead atoms. The lowest BCUT2D eigenvalue weighted by molar-refractivity contribution is -0.139. The summed E-state index contributed by atoms with van der Waals surface area (Å²) in [6.07, 6.45) is 11.4. The number of rotatable bonds is 13. The molecular formula is C52H70F4N10O4S. The predicted molar refractivity (Wildman–Crippen MR) is 270 cm³/mol. The maximum atomic E-state index is 14.8. The van der Waals surface area contributed by atoms with Crippen molar-refractivity contribution in [1.82, 2.24) is 29.8 Å². The van der Waals surface area contributed by atoms with Gasteiger partial charge in [-0.05, 0) is 151 Å². The number of nitrogens with two attached hydrogens (primary N) is 1. The van der Waals surface area contributed by atoms with Crippen molar-refractivity contribution in [2.45, 2.75) is 126 Å². The number of likely N-dealkylation sites (tertiary alicyclic amines) is 2. The smallest absolute Gasteiger partial charge is 0.404 e. The molecule has 8 rings (SSSR count). The summed E-state index contributed by atoms with van der Waals surface area (Å²) in [5.74, 6) is 0.756. The largest absolute Gasteiger partial charge is 0.419 e. The molecule has 0 radical (unpaired) electrons. The van der Waals surface area contributed by atoms with Crippen molar-refractivity contribution in [3.8, 4) is 0 Å². The fourth-order valence-electron chi connectivity index (χ4n) is 10.2. The second-order valence-electron chi connectivity index (χ2n) is 20.3. The zero-order chi connectivity index (χ0) is 50.7. The third kappa shape index (κ3) is 15.2. The Morgan fingerprint density at radius 3 is 2.18 bits per heavy atom. The number of aromatic nitrogens is 2. The van der Waals surface area contributed by atoms with Gasteiger partial charge < -0.3 is 30.9 Å². The third-order valence-electron chi connectivity index (χ3n) is 14.4. The summed E-state index contributed by atoms with van der Waals surface area (Å²) >= 11 is 1.35. The normalized spacial score (nSPS) is 21.0. The van der Waals surface area contributed by atoms with Crippen LogP contribution in [0.5, 0.6) is 0 Å². The average molecular weight is 1010 g/mol. The zero-order valence-electron chi connectivity index (χ0n) is 41.2. The first-order chi connectivity index (χ1) is 33.9. The lowest BCUT2D eigenvalue weighted by atomic mass is 9.78. The van der Waals surface area contributed by atoms with Gasteiger partial charge in [0.05, 0.1) is 29.4 Å². The van der Waals surface area contributed by atoms with E-state index in [1.54, 1.807) is 6.07 Å². The van der Waals surface area contributed by atoms with Crippen LogP contribution in [0.2, 0.25) is 0 Å². The molecule has 5 fully saturated rings. The minimum atomic E-state index is -4.76. The average Bonchev–Trinajstić information content (AvgIpc) is 3.35. The van der Waals surface area contributed by atoms with Crippen LogP contribution < -0.4 is 26.0 Å². The second kappa shape index (κ2) is 24.5. The molecule has 386 valence electrons. The molecule has 2 aromatic carbocycles. The number of hydrogen-bond donors (Lipinski definition) is 5. The van der Waals surface area contributed by atoms with E-state index in [2.05, 4.69) is 76.3 Å². The molecule has 3 amide bonds. The first kappa shape index (κ1) is 53.7. The molecule has 5 heterocycles.